The van der Waals surface area contributed by atoms with Crippen molar-refractivity contribution >= 4 is 58.1 Å². The summed E-state index contributed by atoms with van der Waals surface area (Å²) in [6.07, 6.45) is 1.60. The Morgan fingerprint density at radius 3 is 2.49 bits per heavy atom. The van der Waals surface area contributed by atoms with E-state index in [4.69, 9.17) is 11.6 Å². The summed E-state index contributed by atoms with van der Waals surface area (Å²) in [6, 6.07) is 15.3. The summed E-state index contributed by atoms with van der Waals surface area (Å²) in [5, 5.41) is 11.7. The van der Waals surface area contributed by atoms with E-state index in [0.717, 1.165) is 28.0 Å². The molecule has 35 heavy (non-hydrogen) atoms. The number of para-hydroxylation sites is 1. The van der Waals surface area contributed by atoms with Crippen LogP contribution in [0.2, 0.25) is 5.02 Å². The molecule has 1 aliphatic heterocycles. The molecule has 0 unspecified atom stereocenters. The number of hydrogen-bond acceptors (Lipinski definition) is 5. The van der Waals surface area contributed by atoms with Crippen LogP contribution in [0.1, 0.15) is 27.3 Å². The number of hydrogen-bond donors (Lipinski definition) is 2. The van der Waals surface area contributed by atoms with Gasteiger partial charge in [0.05, 0.1) is 15.5 Å². The van der Waals surface area contributed by atoms with Gasteiger partial charge in [-0.1, -0.05) is 29.8 Å². The van der Waals surface area contributed by atoms with Crippen molar-refractivity contribution in [3.63, 3.8) is 0 Å². The number of aromatic carboxylic acids is 1. The molecule has 1 saturated heterocycles. The predicted octanol–water partition coefficient (Wildman–Crippen LogP) is 5.12. The van der Waals surface area contributed by atoms with Crippen LogP contribution < -0.4 is 5.32 Å². The maximum Gasteiger partial charge on any atom is 0.337 e. The number of aromatic nitrogens is 1. The van der Waals surface area contributed by atoms with E-state index in [2.05, 4.69) is 5.32 Å². The molecule has 2 N–H and O–H groups in total. The fourth-order valence-electron chi connectivity index (χ4n) is 3.79. The number of amides is 3. The molecule has 10 heteroatoms. The van der Waals surface area contributed by atoms with Crippen molar-refractivity contribution in [2.24, 2.45) is 0 Å². The van der Waals surface area contributed by atoms with Gasteiger partial charge in [-0.2, -0.15) is 0 Å². The number of rotatable bonds is 6. The number of imide groups is 1. The maximum atomic E-state index is 12.9. The quantitative estimate of drug-likeness (QED) is 0.446. The summed E-state index contributed by atoms with van der Waals surface area (Å²) >= 11 is 6.76. The number of anilines is 1. The Bertz CT molecular complexity index is 1400. The first-order chi connectivity index (χ1) is 16.7. The van der Waals surface area contributed by atoms with Gasteiger partial charge in [0.1, 0.15) is 6.54 Å². The van der Waals surface area contributed by atoms with Crippen LogP contribution in [0.25, 0.3) is 11.8 Å². The Labute approximate surface area is 210 Å². The fraction of sp³-hybridized carbons (Fsp3) is 0.120. The monoisotopic (exact) mass is 509 g/mol. The first-order valence-corrected chi connectivity index (χ1v) is 11.7. The van der Waals surface area contributed by atoms with Gasteiger partial charge < -0.3 is 15.0 Å². The normalized spacial score (nSPS) is 14.6. The lowest BCUT2D eigenvalue weighted by Crippen LogP contribution is -2.36. The fourth-order valence-corrected chi connectivity index (χ4v) is 4.82. The second-order valence-electron chi connectivity index (χ2n) is 7.81. The molecular weight excluding hydrogens is 490 g/mol. The van der Waals surface area contributed by atoms with Crippen molar-refractivity contribution in [1.29, 1.82) is 0 Å². The highest BCUT2D eigenvalue weighted by molar-refractivity contribution is 8.18. The van der Waals surface area contributed by atoms with Gasteiger partial charge in [0.25, 0.3) is 11.1 Å². The summed E-state index contributed by atoms with van der Waals surface area (Å²) in [5.41, 5.74) is 3.39. The number of nitrogens with one attached hydrogen (secondary N) is 1. The number of aryl methyl sites for hydroxylation is 1. The summed E-state index contributed by atoms with van der Waals surface area (Å²) in [4.78, 5) is 50.3. The van der Waals surface area contributed by atoms with Gasteiger partial charge in [0, 0.05) is 22.8 Å². The van der Waals surface area contributed by atoms with E-state index in [0.29, 0.717) is 16.9 Å². The number of nitrogens with zero attached hydrogens (tertiary/aromatic N) is 2. The first kappa shape index (κ1) is 24.3. The van der Waals surface area contributed by atoms with Crippen LogP contribution >= 0.6 is 23.4 Å². The molecule has 0 spiro atoms. The Morgan fingerprint density at radius 2 is 1.80 bits per heavy atom. The minimum Gasteiger partial charge on any atom is -0.478 e. The molecule has 0 saturated carbocycles. The molecule has 4 rings (SSSR count). The molecule has 3 aromatic rings. The predicted molar refractivity (Wildman–Crippen MR) is 135 cm³/mol. The van der Waals surface area contributed by atoms with Gasteiger partial charge in [-0.3, -0.25) is 19.3 Å². The molecular formula is C25H20ClN3O5S. The lowest BCUT2D eigenvalue weighted by atomic mass is 10.2. The number of carbonyl (C=O) groups excluding carboxylic acids is 3. The van der Waals surface area contributed by atoms with Crippen molar-refractivity contribution < 1.29 is 24.3 Å². The van der Waals surface area contributed by atoms with Gasteiger partial charge >= 0.3 is 5.97 Å². The minimum absolute atomic E-state index is 0.0203. The van der Waals surface area contributed by atoms with E-state index in [9.17, 15) is 24.3 Å². The lowest BCUT2D eigenvalue weighted by molar-refractivity contribution is -0.127. The van der Waals surface area contributed by atoms with E-state index in [1.54, 1.807) is 36.4 Å². The average Bonchev–Trinajstić information content (AvgIpc) is 3.24. The van der Waals surface area contributed by atoms with E-state index < -0.39 is 29.6 Å². The van der Waals surface area contributed by atoms with E-state index in [1.807, 2.05) is 30.5 Å². The zero-order valence-electron chi connectivity index (χ0n) is 18.7. The number of thioether (sulfide) groups is 1. The van der Waals surface area contributed by atoms with E-state index >= 15 is 0 Å². The van der Waals surface area contributed by atoms with Crippen LogP contribution in [-0.4, -0.2) is 44.1 Å². The standard InChI is InChI=1S/C25H20ClN3O5S/c1-14-10-16(15(2)29(14)18-8-9-20(26)19(12-18)24(32)33)11-21-23(31)28(25(34)35-21)13-22(30)27-17-6-4-3-5-7-17/h3-12H,13H2,1-2H3,(H,27,30)(H,32,33)/b21-11-. The zero-order chi connectivity index (χ0) is 25.3. The summed E-state index contributed by atoms with van der Waals surface area (Å²) in [6.45, 7) is 3.28. The van der Waals surface area contributed by atoms with Crippen molar-refractivity contribution in [3.05, 3.63) is 87.0 Å². The number of carboxylic acids is 1. The molecule has 0 radical (unpaired) electrons. The second-order valence-corrected chi connectivity index (χ2v) is 9.21. The Kier molecular flexibility index (Phi) is 6.81. The summed E-state index contributed by atoms with van der Waals surface area (Å²) in [5.74, 6) is -2.16. The topological polar surface area (TPSA) is 109 Å². The van der Waals surface area contributed by atoms with Crippen LogP contribution in [0.5, 0.6) is 0 Å². The van der Waals surface area contributed by atoms with Crippen LogP contribution in [0, 0.1) is 13.8 Å². The van der Waals surface area contributed by atoms with Gasteiger partial charge in [-0.05, 0) is 73.6 Å². The first-order valence-electron chi connectivity index (χ1n) is 10.5. The van der Waals surface area contributed by atoms with Gasteiger partial charge in [-0.15, -0.1) is 0 Å². The molecule has 0 aliphatic carbocycles. The van der Waals surface area contributed by atoms with Gasteiger partial charge in [-0.25, -0.2) is 4.79 Å². The van der Waals surface area contributed by atoms with Crippen LogP contribution in [0.15, 0.2) is 59.5 Å². The van der Waals surface area contributed by atoms with Crippen LogP contribution in [0.4, 0.5) is 10.5 Å². The molecule has 1 aromatic heterocycles. The smallest absolute Gasteiger partial charge is 0.337 e. The highest BCUT2D eigenvalue weighted by Gasteiger charge is 2.36. The van der Waals surface area contributed by atoms with Gasteiger partial charge in [0.15, 0.2) is 0 Å². The van der Waals surface area contributed by atoms with E-state index in [-0.39, 0.29) is 15.5 Å². The Morgan fingerprint density at radius 1 is 1.09 bits per heavy atom. The molecule has 1 aliphatic rings. The average molecular weight is 510 g/mol. The van der Waals surface area contributed by atoms with E-state index in [1.165, 1.54) is 12.1 Å². The molecule has 178 valence electrons. The molecule has 1 fully saturated rings. The summed E-state index contributed by atoms with van der Waals surface area (Å²) in [7, 11) is 0. The number of carboxylic acid groups (broad SMARTS) is 1. The number of benzene rings is 2. The Balaban J connectivity index is 1.57. The largest absolute Gasteiger partial charge is 0.478 e. The van der Waals surface area contributed by atoms with Crippen LogP contribution in [-0.2, 0) is 9.59 Å². The minimum atomic E-state index is -1.13. The third-order valence-corrected chi connectivity index (χ3v) is 6.67. The molecule has 3 amide bonds. The molecule has 0 atom stereocenters. The molecule has 2 heterocycles. The maximum absolute atomic E-state index is 12.9. The van der Waals surface area contributed by atoms with Crippen molar-refractivity contribution in [3.8, 4) is 5.69 Å². The molecule has 0 bridgehead atoms. The van der Waals surface area contributed by atoms with Crippen molar-refractivity contribution in [1.82, 2.24) is 9.47 Å². The lowest BCUT2D eigenvalue weighted by Gasteiger charge is -2.12. The van der Waals surface area contributed by atoms with Crippen molar-refractivity contribution in [2.75, 3.05) is 11.9 Å². The number of carbonyl (C=O) groups is 4. The highest BCUT2D eigenvalue weighted by Crippen LogP contribution is 2.34. The Hall–Kier alpha value is -3.82. The SMILES string of the molecule is Cc1cc(/C=C2\SC(=O)N(CC(=O)Nc3ccccc3)C2=O)c(C)n1-c1ccc(Cl)c(C(=O)O)c1. The molecule has 8 nitrogen and oxygen atoms in total. The van der Waals surface area contributed by atoms with Crippen molar-refractivity contribution in [2.45, 2.75) is 13.8 Å². The van der Waals surface area contributed by atoms with Crippen LogP contribution in [0.3, 0.4) is 0 Å². The summed E-state index contributed by atoms with van der Waals surface area (Å²) < 4.78 is 1.84. The third kappa shape index (κ3) is 5.01. The van der Waals surface area contributed by atoms with Gasteiger partial charge in [0.2, 0.25) is 5.91 Å². The zero-order valence-corrected chi connectivity index (χ0v) is 20.3. The number of halogens is 1. The molecule has 2 aromatic carbocycles. The second kappa shape index (κ2) is 9.81. The highest BCUT2D eigenvalue weighted by atomic mass is 35.5. The third-order valence-electron chi connectivity index (χ3n) is 5.43.